The van der Waals surface area contributed by atoms with E-state index in [2.05, 4.69) is 20.8 Å². The largest absolute Gasteiger partial charge is 0.341 e. The second-order valence-corrected chi connectivity index (χ2v) is 1.51. The summed E-state index contributed by atoms with van der Waals surface area (Å²) < 4.78 is 0. The second-order valence-electron chi connectivity index (χ2n) is 1.51. The Bertz CT molecular complexity index is 22.0. The molecule has 0 bridgehead atoms. The molecule has 1 atom stereocenters. The summed E-state index contributed by atoms with van der Waals surface area (Å²) in [5.41, 5.74) is 0. The Morgan fingerprint density at radius 3 is 1.71 bits per heavy atom. The van der Waals surface area contributed by atoms with E-state index >= 15 is 0 Å². The van der Waals surface area contributed by atoms with Gasteiger partial charge in [0.05, 0.1) is 0 Å². The summed E-state index contributed by atoms with van der Waals surface area (Å²) in [5, 5.41) is 0. The fraction of sp³-hybridized carbons (Fsp3) is 0.800. The Hall–Kier alpha value is 0.913. The van der Waals surface area contributed by atoms with Crippen LogP contribution in [0.25, 0.3) is 0 Å². The number of hydrogen-bond donors (Lipinski definition) is 0. The molecule has 0 aliphatic carbocycles. The van der Waals surface area contributed by atoms with Gasteiger partial charge in [0.2, 0.25) is 0 Å². The van der Waals surface area contributed by atoms with Gasteiger partial charge in [-0.3, -0.25) is 0 Å². The van der Waals surface area contributed by atoms with Gasteiger partial charge in [-0.25, -0.2) is 0 Å². The van der Waals surface area contributed by atoms with Gasteiger partial charge in [0, 0.05) is 19.5 Å². The van der Waals surface area contributed by atoms with Crippen LogP contribution in [0.5, 0.6) is 0 Å². The first-order chi connectivity index (χ1) is 2.27. The van der Waals surface area contributed by atoms with Crippen LogP contribution in [0.1, 0.15) is 20.3 Å². The molecule has 0 aliphatic heterocycles. The Kier molecular flexibility index (Phi) is 22.4. The van der Waals surface area contributed by atoms with Crippen LogP contribution < -0.4 is 0 Å². The molecule has 0 aromatic rings. The smallest absolute Gasteiger partial charge is 0 e. The number of halogens is 1. The number of rotatable bonds is 1. The quantitative estimate of drug-likeness (QED) is 0.421. The Morgan fingerprint density at radius 2 is 1.71 bits per heavy atom. The maximum absolute atomic E-state index is 3.76. The van der Waals surface area contributed by atoms with Crippen molar-refractivity contribution in [2.24, 2.45) is 5.92 Å². The van der Waals surface area contributed by atoms with Gasteiger partial charge in [0.15, 0.2) is 0 Å². The van der Waals surface area contributed by atoms with Crippen LogP contribution in [0.3, 0.4) is 0 Å². The van der Waals surface area contributed by atoms with Crippen molar-refractivity contribution in [3.63, 3.8) is 0 Å². The molecule has 0 N–H and O–H groups in total. The van der Waals surface area contributed by atoms with Crippen LogP contribution in [-0.2, 0) is 19.5 Å². The third-order valence-electron chi connectivity index (χ3n) is 0.697. The summed E-state index contributed by atoms with van der Waals surface area (Å²) in [7, 11) is 0. The average molecular weight is 173 g/mol. The minimum absolute atomic E-state index is 0. The standard InChI is InChI=1S/C5H11.ClH.Zn/c1-4-5(2)3;;/h5H,2,4H2,1,3H3;1H;/q-1;;. The van der Waals surface area contributed by atoms with Gasteiger partial charge in [-0.1, -0.05) is 20.3 Å². The van der Waals surface area contributed by atoms with Gasteiger partial charge in [0.1, 0.15) is 0 Å². The average Bonchev–Trinajstić information content (AvgIpc) is 1.38. The molecule has 0 spiro atoms. The zero-order chi connectivity index (χ0) is 4.28. The van der Waals surface area contributed by atoms with Gasteiger partial charge < -0.3 is 6.92 Å². The summed E-state index contributed by atoms with van der Waals surface area (Å²) >= 11 is 0. The van der Waals surface area contributed by atoms with Crippen LogP contribution in [0.2, 0.25) is 0 Å². The van der Waals surface area contributed by atoms with Crippen molar-refractivity contribution in [2.75, 3.05) is 0 Å². The van der Waals surface area contributed by atoms with E-state index in [9.17, 15) is 0 Å². The molecule has 0 aromatic heterocycles. The van der Waals surface area contributed by atoms with Gasteiger partial charge in [-0.15, -0.1) is 12.4 Å². The third kappa shape index (κ3) is 19.7. The summed E-state index contributed by atoms with van der Waals surface area (Å²) in [5.74, 6) is 0.634. The molecule has 0 rings (SSSR count). The van der Waals surface area contributed by atoms with Crippen LogP contribution in [0.4, 0.5) is 0 Å². The van der Waals surface area contributed by atoms with Crippen molar-refractivity contribution in [3.8, 4) is 0 Å². The molecule has 7 heavy (non-hydrogen) atoms. The molecule has 0 heterocycles. The fourth-order valence-electron chi connectivity index (χ4n) is 0. The molecule has 0 radical (unpaired) electrons. The van der Waals surface area contributed by atoms with E-state index in [0.29, 0.717) is 5.92 Å². The van der Waals surface area contributed by atoms with E-state index in [1.54, 1.807) is 0 Å². The minimum Gasteiger partial charge on any atom is -0.341 e. The van der Waals surface area contributed by atoms with Gasteiger partial charge in [-0.05, 0) is 0 Å². The molecular formula is C5H12ClZn-. The van der Waals surface area contributed by atoms with Gasteiger partial charge in [-0.2, -0.15) is 5.92 Å². The third-order valence-corrected chi connectivity index (χ3v) is 0.697. The maximum atomic E-state index is 3.76. The number of hydrogen-bond acceptors (Lipinski definition) is 0. The van der Waals surface area contributed by atoms with Crippen molar-refractivity contribution in [2.45, 2.75) is 20.3 Å². The Balaban J connectivity index is -0.0000000800. The topological polar surface area (TPSA) is 0 Å². The van der Waals surface area contributed by atoms with Gasteiger partial charge in [0.25, 0.3) is 0 Å². The van der Waals surface area contributed by atoms with Crippen LogP contribution in [0.15, 0.2) is 0 Å². The molecule has 2 heteroatoms. The molecule has 42 valence electrons. The minimum atomic E-state index is 0. The first-order valence-electron chi connectivity index (χ1n) is 2.10. The summed E-state index contributed by atoms with van der Waals surface area (Å²) in [6, 6.07) is 0. The van der Waals surface area contributed by atoms with Crippen molar-refractivity contribution < 1.29 is 19.5 Å². The Morgan fingerprint density at radius 1 is 1.57 bits per heavy atom. The monoisotopic (exact) mass is 171 g/mol. The van der Waals surface area contributed by atoms with Crippen LogP contribution in [0, 0.1) is 12.8 Å². The molecule has 0 saturated heterocycles. The normalized spacial score (nSPS) is 10.7. The van der Waals surface area contributed by atoms with E-state index in [0.717, 1.165) is 0 Å². The molecule has 0 amide bonds. The van der Waals surface area contributed by atoms with Crippen molar-refractivity contribution >= 4 is 12.4 Å². The van der Waals surface area contributed by atoms with Crippen LogP contribution in [-0.4, -0.2) is 0 Å². The summed E-state index contributed by atoms with van der Waals surface area (Å²) in [6.45, 7) is 8.00. The van der Waals surface area contributed by atoms with E-state index in [1.165, 1.54) is 6.42 Å². The Labute approximate surface area is 65.2 Å². The van der Waals surface area contributed by atoms with Crippen molar-refractivity contribution in [1.29, 1.82) is 0 Å². The zero-order valence-corrected chi connectivity index (χ0v) is 8.89. The predicted octanol–water partition coefficient (Wildman–Crippen LogP) is 2.29. The van der Waals surface area contributed by atoms with E-state index in [1.807, 2.05) is 0 Å². The molecule has 0 fully saturated rings. The van der Waals surface area contributed by atoms with Crippen LogP contribution >= 0.6 is 12.4 Å². The SMILES string of the molecule is Cl.[CH2-]C(C)CC.[Zn]. The van der Waals surface area contributed by atoms with E-state index in [-0.39, 0.29) is 31.9 Å². The zero-order valence-electron chi connectivity index (χ0n) is 5.11. The molecule has 0 saturated carbocycles. The molecule has 0 aliphatic rings. The second kappa shape index (κ2) is 10.0. The summed E-state index contributed by atoms with van der Waals surface area (Å²) in [6.07, 6.45) is 1.19. The maximum Gasteiger partial charge on any atom is 0 e. The molecule has 0 nitrogen and oxygen atoms in total. The predicted molar refractivity (Wildman–Crippen MR) is 32.1 cm³/mol. The molecular weight excluding hydrogens is 161 g/mol. The fourth-order valence-corrected chi connectivity index (χ4v) is 0. The summed E-state index contributed by atoms with van der Waals surface area (Å²) in [4.78, 5) is 0. The van der Waals surface area contributed by atoms with Gasteiger partial charge >= 0.3 is 0 Å². The first kappa shape index (κ1) is 15.7. The van der Waals surface area contributed by atoms with E-state index in [4.69, 9.17) is 0 Å². The molecule has 1 unspecified atom stereocenters. The molecule has 0 aromatic carbocycles. The van der Waals surface area contributed by atoms with E-state index < -0.39 is 0 Å². The van der Waals surface area contributed by atoms with Crippen molar-refractivity contribution in [3.05, 3.63) is 6.92 Å². The first-order valence-corrected chi connectivity index (χ1v) is 2.10. The van der Waals surface area contributed by atoms with Crippen molar-refractivity contribution in [1.82, 2.24) is 0 Å².